The quantitative estimate of drug-likeness (QED) is 0.696. The van der Waals surface area contributed by atoms with E-state index in [1.54, 1.807) is 30.5 Å². The zero-order valence-corrected chi connectivity index (χ0v) is 13.4. The Morgan fingerprint density at radius 3 is 2.68 bits per heavy atom. The van der Waals surface area contributed by atoms with E-state index >= 15 is 0 Å². The normalized spacial score (nSPS) is 11.5. The van der Waals surface area contributed by atoms with E-state index in [1.807, 2.05) is 0 Å². The first kappa shape index (κ1) is 17.2. The van der Waals surface area contributed by atoms with Crippen molar-refractivity contribution in [2.24, 2.45) is 0 Å². The average Bonchev–Trinajstić information content (AvgIpc) is 2.55. The zero-order valence-electron chi connectivity index (χ0n) is 12.6. The first-order chi connectivity index (χ1) is 11.8. The summed E-state index contributed by atoms with van der Waals surface area (Å²) in [6.45, 7) is 0. The Balaban J connectivity index is 1.92. The molecular formula is C17H11ClF3N3O. The molecule has 25 heavy (non-hydrogen) atoms. The zero-order chi connectivity index (χ0) is 18.0. The minimum absolute atomic E-state index is 0.0546. The second-order valence-corrected chi connectivity index (χ2v) is 5.64. The van der Waals surface area contributed by atoms with E-state index in [4.69, 9.17) is 11.6 Å². The van der Waals surface area contributed by atoms with E-state index in [-0.39, 0.29) is 23.2 Å². The van der Waals surface area contributed by atoms with Gasteiger partial charge in [-0.2, -0.15) is 13.2 Å². The monoisotopic (exact) mass is 365 g/mol. The van der Waals surface area contributed by atoms with Crippen molar-refractivity contribution in [3.63, 3.8) is 0 Å². The lowest BCUT2D eigenvalue weighted by Gasteiger charge is -2.12. The Hall–Kier alpha value is -2.67. The number of rotatable bonds is 3. The average molecular weight is 366 g/mol. The molecule has 8 heteroatoms. The number of carbonyl (C=O) groups is 1. The van der Waals surface area contributed by atoms with Gasteiger partial charge in [-0.1, -0.05) is 29.8 Å². The Kier molecular flexibility index (Phi) is 4.59. The van der Waals surface area contributed by atoms with Gasteiger partial charge in [0.25, 0.3) is 0 Å². The molecule has 0 fully saturated rings. The van der Waals surface area contributed by atoms with Crippen molar-refractivity contribution in [1.29, 1.82) is 0 Å². The molecule has 1 amide bonds. The number of anilines is 1. The molecule has 1 N–H and O–H groups in total. The molecule has 0 radical (unpaired) electrons. The molecule has 0 aliphatic carbocycles. The van der Waals surface area contributed by atoms with Crippen molar-refractivity contribution in [2.45, 2.75) is 12.6 Å². The van der Waals surface area contributed by atoms with Gasteiger partial charge in [-0.15, -0.1) is 0 Å². The van der Waals surface area contributed by atoms with Gasteiger partial charge in [0, 0.05) is 11.6 Å². The number of alkyl halides is 3. The topological polar surface area (TPSA) is 54.9 Å². The first-order valence-corrected chi connectivity index (χ1v) is 7.57. The summed E-state index contributed by atoms with van der Waals surface area (Å²) >= 11 is 5.69. The van der Waals surface area contributed by atoms with Crippen LogP contribution in [0.5, 0.6) is 0 Å². The molecule has 4 nitrogen and oxygen atoms in total. The number of hydrogen-bond donors (Lipinski definition) is 1. The van der Waals surface area contributed by atoms with Crippen LogP contribution in [-0.2, 0) is 17.4 Å². The highest BCUT2D eigenvalue weighted by Gasteiger charge is 2.34. The van der Waals surface area contributed by atoms with Crippen LogP contribution in [0.25, 0.3) is 10.9 Å². The first-order valence-electron chi connectivity index (χ1n) is 7.20. The third-order valence-electron chi connectivity index (χ3n) is 3.48. The predicted molar refractivity (Wildman–Crippen MR) is 88.3 cm³/mol. The molecule has 0 saturated heterocycles. The fourth-order valence-electron chi connectivity index (χ4n) is 2.39. The molecule has 3 aromatic rings. The standard InChI is InChI=1S/C17H11ClF3N3O/c18-16-13(17(19,20)21)7-10-3-1-4-11(15(10)24-16)8-14(25)23-12-5-2-6-22-9-12/h1-7,9H,8H2,(H,23,25). The van der Waals surface area contributed by atoms with Crippen molar-refractivity contribution < 1.29 is 18.0 Å². The number of fused-ring (bicyclic) bond motifs is 1. The van der Waals surface area contributed by atoms with E-state index in [0.29, 0.717) is 11.3 Å². The predicted octanol–water partition coefficient (Wildman–Crippen LogP) is 4.48. The number of para-hydroxylation sites is 1. The van der Waals surface area contributed by atoms with Crippen LogP contribution in [0, 0.1) is 0 Å². The van der Waals surface area contributed by atoms with E-state index < -0.39 is 16.9 Å². The number of aromatic nitrogens is 2. The third kappa shape index (κ3) is 3.88. The largest absolute Gasteiger partial charge is 0.419 e. The van der Waals surface area contributed by atoms with E-state index in [2.05, 4.69) is 15.3 Å². The fourth-order valence-corrected chi connectivity index (χ4v) is 2.64. The van der Waals surface area contributed by atoms with Gasteiger partial charge in [0.2, 0.25) is 5.91 Å². The maximum Gasteiger partial charge on any atom is 0.419 e. The van der Waals surface area contributed by atoms with Crippen molar-refractivity contribution in [3.05, 3.63) is 65.1 Å². The van der Waals surface area contributed by atoms with Crippen LogP contribution in [0.15, 0.2) is 48.8 Å². The van der Waals surface area contributed by atoms with E-state index in [0.717, 1.165) is 6.07 Å². The molecule has 0 aliphatic rings. The van der Waals surface area contributed by atoms with Gasteiger partial charge in [0.15, 0.2) is 0 Å². The highest BCUT2D eigenvalue weighted by molar-refractivity contribution is 6.30. The van der Waals surface area contributed by atoms with Crippen LogP contribution in [0.1, 0.15) is 11.1 Å². The van der Waals surface area contributed by atoms with Crippen LogP contribution in [0.4, 0.5) is 18.9 Å². The molecule has 0 unspecified atom stereocenters. The molecule has 0 aliphatic heterocycles. The van der Waals surface area contributed by atoms with Gasteiger partial charge in [-0.25, -0.2) is 4.98 Å². The third-order valence-corrected chi connectivity index (χ3v) is 3.77. The fraction of sp³-hybridized carbons (Fsp3) is 0.118. The van der Waals surface area contributed by atoms with Crippen molar-refractivity contribution in [1.82, 2.24) is 9.97 Å². The van der Waals surface area contributed by atoms with Crippen molar-refractivity contribution >= 4 is 34.1 Å². The molecule has 0 spiro atoms. The van der Waals surface area contributed by atoms with Gasteiger partial charge in [-0.05, 0) is 23.8 Å². The molecule has 2 aromatic heterocycles. The highest BCUT2D eigenvalue weighted by atomic mass is 35.5. The van der Waals surface area contributed by atoms with Crippen LogP contribution in [0.3, 0.4) is 0 Å². The SMILES string of the molecule is O=C(Cc1cccc2cc(C(F)(F)F)c(Cl)nc12)Nc1cccnc1. The lowest BCUT2D eigenvalue weighted by Crippen LogP contribution is -2.15. The Labute approximate surface area is 145 Å². The van der Waals surface area contributed by atoms with Crippen LogP contribution in [-0.4, -0.2) is 15.9 Å². The van der Waals surface area contributed by atoms with Crippen LogP contribution >= 0.6 is 11.6 Å². The summed E-state index contributed by atoms with van der Waals surface area (Å²) in [5, 5.41) is 2.29. The number of halogens is 4. The number of carbonyl (C=O) groups excluding carboxylic acids is 1. The Bertz CT molecular complexity index is 930. The molecule has 2 heterocycles. The number of amides is 1. The number of nitrogens with zero attached hydrogens (tertiary/aromatic N) is 2. The molecule has 1 aromatic carbocycles. The highest BCUT2D eigenvalue weighted by Crippen LogP contribution is 2.36. The molecule has 0 bridgehead atoms. The Morgan fingerprint density at radius 2 is 2.00 bits per heavy atom. The number of pyridine rings is 2. The minimum atomic E-state index is -4.59. The molecule has 128 valence electrons. The summed E-state index contributed by atoms with van der Waals surface area (Å²) in [6, 6.07) is 8.99. The van der Waals surface area contributed by atoms with Crippen LogP contribution < -0.4 is 5.32 Å². The lowest BCUT2D eigenvalue weighted by atomic mass is 10.0. The van der Waals surface area contributed by atoms with Gasteiger partial charge in [0.1, 0.15) is 5.15 Å². The van der Waals surface area contributed by atoms with E-state index in [1.165, 1.54) is 12.3 Å². The molecule has 0 saturated carbocycles. The summed E-state index contributed by atoms with van der Waals surface area (Å²) < 4.78 is 38.8. The second-order valence-electron chi connectivity index (χ2n) is 5.28. The summed E-state index contributed by atoms with van der Waals surface area (Å²) in [7, 11) is 0. The smallest absolute Gasteiger partial charge is 0.324 e. The lowest BCUT2D eigenvalue weighted by molar-refractivity contribution is -0.137. The van der Waals surface area contributed by atoms with E-state index in [9.17, 15) is 18.0 Å². The van der Waals surface area contributed by atoms with Gasteiger partial charge in [0.05, 0.1) is 29.4 Å². The molecule has 0 atom stereocenters. The van der Waals surface area contributed by atoms with Gasteiger partial charge in [-0.3, -0.25) is 9.78 Å². The van der Waals surface area contributed by atoms with Crippen LogP contribution in [0.2, 0.25) is 5.15 Å². The Morgan fingerprint density at radius 1 is 1.20 bits per heavy atom. The maximum absolute atomic E-state index is 12.9. The summed E-state index contributed by atoms with van der Waals surface area (Å²) in [4.78, 5) is 19.9. The number of benzene rings is 1. The van der Waals surface area contributed by atoms with Crippen molar-refractivity contribution in [2.75, 3.05) is 5.32 Å². The summed E-state index contributed by atoms with van der Waals surface area (Å²) in [5.74, 6) is -0.335. The second kappa shape index (κ2) is 6.68. The minimum Gasteiger partial charge on any atom is -0.324 e. The maximum atomic E-state index is 12.9. The summed E-state index contributed by atoms with van der Waals surface area (Å²) in [6.07, 6.45) is -1.58. The molecule has 3 rings (SSSR count). The van der Waals surface area contributed by atoms with Gasteiger partial charge < -0.3 is 5.32 Å². The number of nitrogens with one attached hydrogen (secondary N) is 1. The van der Waals surface area contributed by atoms with Crippen molar-refractivity contribution in [3.8, 4) is 0 Å². The molecular weight excluding hydrogens is 355 g/mol. The summed E-state index contributed by atoms with van der Waals surface area (Å²) in [5.41, 5.74) is 0.271. The van der Waals surface area contributed by atoms with Gasteiger partial charge >= 0.3 is 6.18 Å². The number of hydrogen-bond acceptors (Lipinski definition) is 3.